The van der Waals surface area contributed by atoms with Gasteiger partial charge in [0.15, 0.2) is 5.11 Å². The molecule has 2 aromatic heterocycles. The number of thiocarbonyl (C=S) groups is 1. The lowest BCUT2D eigenvalue weighted by molar-refractivity contribution is 0.0697. The van der Waals surface area contributed by atoms with Crippen molar-refractivity contribution < 1.29 is 9.90 Å². The number of carbonyl (C=O) groups is 1. The summed E-state index contributed by atoms with van der Waals surface area (Å²) in [6.45, 7) is 10.4. The Morgan fingerprint density at radius 2 is 1.70 bits per heavy atom. The zero-order valence-electron chi connectivity index (χ0n) is 21.6. The van der Waals surface area contributed by atoms with Crippen LogP contribution >= 0.6 is 12.2 Å². The quantitative estimate of drug-likeness (QED) is 0.308. The molecule has 7 heteroatoms. The number of pyridine rings is 1. The molecule has 2 N–H and O–H groups in total. The molecule has 0 amide bonds. The molecule has 0 bridgehead atoms. The minimum Gasteiger partial charge on any atom is -0.478 e. The molecule has 0 radical (unpaired) electrons. The summed E-state index contributed by atoms with van der Waals surface area (Å²) in [4.78, 5) is 18.6. The minimum absolute atomic E-state index is 0.146. The lowest BCUT2D eigenvalue weighted by atomic mass is 9.96. The van der Waals surface area contributed by atoms with Crippen LogP contribution in [0.25, 0.3) is 5.69 Å². The van der Waals surface area contributed by atoms with E-state index in [4.69, 9.17) is 12.2 Å². The Morgan fingerprint density at radius 3 is 2.38 bits per heavy atom. The van der Waals surface area contributed by atoms with Gasteiger partial charge in [0.25, 0.3) is 0 Å². The van der Waals surface area contributed by atoms with E-state index in [0.29, 0.717) is 5.11 Å². The Hall–Kier alpha value is -3.97. The van der Waals surface area contributed by atoms with Gasteiger partial charge < -0.3 is 19.9 Å². The van der Waals surface area contributed by atoms with Crippen molar-refractivity contribution in [3.63, 3.8) is 0 Å². The number of nitrogens with zero attached hydrogens (tertiary/aromatic N) is 3. The van der Waals surface area contributed by atoms with Crippen LogP contribution in [0.2, 0.25) is 0 Å². The molecule has 5 rings (SSSR count). The van der Waals surface area contributed by atoms with Crippen molar-refractivity contribution in [3.05, 3.63) is 112 Å². The summed E-state index contributed by atoms with van der Waals surface area (Å²) >= 11 is 5.91. The van der Waals surface area contributed by atoms with Crippen LogP contribution < -0.4 is 10.2 Å². The summed E-state index contributed by atoms with van der Waals surface area (Å²) in [5.74, 6) is -0.939. The van der Waals surface area contributed by atoms with Crippen molar-refractivity contribution in [2.75, 3.05) is 4.90 Å². The first kappa shape index (κ1) is 24.7. The fourth-order valence-corrected chi connectivity index (χ4v) is 5.61. The number of hydrogen-bond donors (Lipinski definition) is 2. The van der Waals surface area contributed by atoms with Gasteiger partial charge in [0.2, 0.25) is 0 Å². The second-order valence-electron chi connectivity index (χ2n) is 9.73. The molecule has 0 unspecified atom stereocenters. The van der Waals surface area contributed by atoms with E-state index < -0.39 is 5.97 Å². The van der Waals surface area contributed by atoms with E-state index in [1.54, 1.807) is 18.3 Å². The number of anilines is 1. The second kappa shape index (κ2) is 9.48. The highest BCUT2D eigenvalue weighted by Crippen LogP contribution is 2.44. The third-order valence-corrected chi connectivity index (χ3v) is 7.67. The fraction of sp³-hybridized carbons (Fsp3) is 0.233. The van der Waals surface area contributed by atoms with Gasteiger partial charge in [0, 0.05) is 29.0 Å². The summed E-state index contributed by atoms with van der Waals surface area (Å²) < 4.78 is 2.15. The highest BCUT2D eigenvalue weighted by molar-refractivity contribution is 7.80. The maximum Gasteiger partial charge on any atom is 0.335 e. The first-order valence-corrected chi connectivity index (χ1v) is 12.7. The predicted molar refractivity (Wildman–Crippen MR) is 151 cm³/mol. The molecule has 4 aromatic rings. The van der Waals surface area contributed by atoms with E-state index in [9.17, 15) is 9.90 Å². The van der Waals surface area contributed by atoms with Crippen LogP contribution in [0.4, 0.5) is 5.69 Å². The average Bonchev–Trinajstić information content (AvgIpc) is 3.36. The summed E-state index contributed by atoms with van der Waals surface area (Å²) in [7, 11) is 0. The van der Waals surface area contributed by atoms with E-state index in [1.165, 1.54) is 11.1 Å². The SMILES string of the molecule is Cc1ccc(N2C(=S)N[C@@H](c3ccccn3)[C@@H]2c2cc(C)n(-c3cc(C(=O)O)ccc3C)c2C)cc1C. The first-order chi connectivity index (χ1) is 17.7. The van der Waals surface area contributed by atoms with Gasteiger partial charge in [0.05, 0.1) is 23.3 Å². The number of carboxylic acid groups (broad SMARTS) is 1. The molecule has 1 aliphatic rings. The van der Waals surface area contributed by atoms with Crippen molar-refractivity contribution in [2.45, 2.75) is 46.7 Å². The lowest BCUT2D eigenvalue weighted by Gasteiger charge is -2.28. The van der Waals surface area contributed by atoms with Crippen LogP contribution in [0.15, 0.2) is 66.9 Å². The molecule has 6 nitrogen and oxygen atoms in total. The molecule has 3 heterocycles. The van der Waals surface area contributed by atoms with E-state index in [0.717, 1.165) is 39.6 Å². The monoisotopic (exact) mass is 510 g/mol. The Balaban J connectivity index is 1.71. The number of aryl methyl sites for hydroxylation is 4. The molecular formula is C30H30N4O2S. The van der Waals surface area contributed by atoms with E-state index >= 15 is 0 Å². The summed E-state index contributed by atoms with van der Waals surface area (Å²) in [5.41, 5.74) is 9.67. The molecule has 188 valence electrons. The van der Waals surface area contributed by atoms with Gasteiger partial charge in [-0.25, -0.2) is 4.79 Å². The highest BCUT2D eigenvalue weighted by Gasteiger charge is 2.42. The van der Waals surface area contributed by atoms with Gasteiger partial charge in [-0.15, -0.1) is 0 Å². The Labute approximate surface area is 222 Å². The van der Waals surface area contributed by atoms with Crippen molar-refractivity contribution in [1.29, 1.82) is 0 Å². The number of nitrogens with one attached hydrogen (secondary N) is 1. The molecule has 2 atom stereocenters. The number of aromatic nitrogens is 2. The van der Waals surface area contributed by atoms with Crippen LogP contribution in [-0.2, 0) is 0 Å². The van der Waals surface area contributed by atoms with Gasteiger partial charge in [-0.1, -0.05) is 18.2 Å². The van der Waals surface area contributed by atoms with Gasteiger partial charge in [-0.3, -0.25) is 4.98 Å². The van der Waals surface area contributed by atoms with Crippen molar-refractivity contribution >= 4 is 29.0 Å². The maximum absolute atomic E-state index is 11.7. The van der Waals surface area contributed by atoms with Gasteiger partial charge in [-0.2, -0.15) is 0 Å². The van der Waals surface area contributed by atoms with E-state index in [1.807, 2.05) is 31.2 Å². The standard InChI is InChI=1S/C30H30N4O2S/c1-17-10-12-23(14-19(17)3)34-28(27(32-30(34)37)25-8-6-7-13-31-25)24-15-20(4)33(21(24)5)26-16-22(29(35)36)11-9-18(26)2/h6-16,27-28H,1-5H3,(H,32,37)(H,35,36)/t27-,28-/m0/s1. The molecule has 1 saturated heterocycles. The van der Waals surface area contributed by atoms with Crippen LogP contribution in [0, 0.1) is 34.6 Å². The van der Waals surface area contributed by atoms with Crippen molar-refractivity contribution in [1.82, 2.24) is 14.9 Å². The number of aromatic carboxylic acids is 1. The number of rotatable bonds is 5. The van der Waals surface area contributed by atoms with Crippen molar-refractivity contribution in [2.24, 2.45) is 0 Å². The molecule has 2 aromatic carbocycles. The lowest BCUT2D eigenvalue weighted by Crippen LogP contribution is -2.29. The van der Waals surface area contributed by atoms with Crippen LogP contribution in [0.3, 0.4) is 0 Å². The van der Waals surface area contributed by atoms with Crippen LogP contribution in [0.5, 0.6) is 0 Å². The Bertz CT molecular complexity index is 1530. The molecule has 1 aliphatic heterocycles. The summed E-state index contributed by atoms with van der Waals surface area (Å²) in [5, 5.41) is 13.8. The van der Waals surface area contributed by atoms with Gasteiger partial charge >= 0.3 is 5.97 Å². The molecule has 0 saturated carbocycles. The number of benzene rings is 2. The zero-order chi connectivity index (χ0) is 26.4. The minimum atomic E-state index is -0.939. The molecule has 0 aliphatic carbocycles. The topological polar surface area (TPSA) is 70.4 Å². The maximum atomic E-state index is 11.7. The van der Waals surface area contributed by atoms with E-state index in [-0.39, 0.29) is 17.6 Å². The number of hydrogen-bond acceptors (Lipinski definition) is 3. The Morgan fingerprint density at radius 1 is 0.946 bits per heavy atom. The third-order valence-electron chi connectivity index (χ3n) is 7.35. The van der Waals surface area contributed by atoms with Crippen LogP contribution in [0.1, 0.15) is 61.8 Å². The van der Waals surface area contributed by atoms with Crippen molar-refractivity contribution in [3.8, 4) is 5.69 Å². The summed E-state index contributed by atoms with van der Waals surface area (Å²) in [6, 6.07) is 19.5. The normalized spacial score (nSPS) is 17.2. The van der Waals surface area contributed by atoms with Gasteiger partial charge in [-0.05, 0) is 112 Å². The van der Waals surface area contributed by atoms with Crippen LogP contribution in [-0.4, -0.2) is 25.7 Å². The van der Waals surface area contributed by atoms with Gasteiger partial charge in [0.1, 0.15) is 0 Å². The highest BCUT2D eigenvalue weighted by atomic mass is 32.1. The molecule has 37 heavy (non-hydrogen) atoms. The smallest absolute Gasteiger partial charge is 0.335 e. The molecular weight excluding hydrogens is 480 g/mol. The Kier molecular flexibility index (Phi) is 6.33. The predicted octanol–water partition coefficient (Wildman–Crippen LogP) is 6.29. The van der Waals surface area contributed by atoms with E-state index in [2.05, 4.69) is 71.7 Å². The summed E-state index contributed by atoms with van der Waals surface area (Å²) in [6.07, 6.45) is 1.81. The zero-order valence-corrected chi connectivity index (χ0v) is 22.4. The average molecular weight is 511 g/mol. The largest absolute Gasteiger partial charge is 0.478 e. The third kappa shape index (κ3) is 4.29. The molecule has 0 spiro atoms. The molecule has 1 fully saturated rings. The first-order valence-electron chi connectivity index (χ1n) is 12.3. The number of carboxylic acids is 1. The second-order valence-corrected chi connectivity index (χ2v) is 10.1. The fourth-order valence-electron chi connectivity index (χ4n) is 5.27.